The van der Waals surface area contributed by atoms with Crippen molar-refractivity contribution >= 4 is 33.4 Å². The van der Waals surface area contributed by atoms with E-state index < -0.39 is 0 Å². The van der Waals surface area contributed by atoms with Crippen LogP contribution in [-0.4, -0.2) is 25.1 Å². The van der Waals surface area contributed by atoms with Crippen LogP contribution >= 0.6 is 27.5 Å². The Labute approximate surface area is 95.7 Å². The lowest BCUT2D eigenvalue weighted by Crippen LogP contribution is -2.25. The van der Waals surface area contributed by atoms with Crippen molar-refractivity contribution in [1.29, 1.82) is 0 Å². The van der Waals surface area contributed by atoms with Crippen molar-refractivity contribution in [2.75, 3.05) is 14.2 Å². The van der Waals surface area contributed by atoms with E-state index in [0.717, 1.165) is 5.06 Å². The van der Waals surface area contributed by atoms with Gasteiger partial charge in [0.05, 0.1) is 17.7 Å². The van der Waals surface area contributed by atoms with Crippen molar-refractivity contribution in [1.82, 2.24) is 5.06 Å². The second-order valence-corrected chi connectivity index (χ2v) is 3.82. The molecule has 1 rings (SSSR count). The highest BCUT2D eigenvalue weighted by molar-refractivity contribution is 9.10. The summed E-state index contributed by atoms with van der Waals surface area (Å²) in [6.07, 6.45) is 0. The summed E-state index contributed by atoms with van der Waals surface area (Å²) in [5.41, 5.74) is 0.408. The molecule has 76 valence electrons. The van der Waals surface area contributed by atoms with Gasteiger partial charge in [-0.2, -0.15) is 0 Å². The Balaban J connectivity index is 3.07. The molecule has 0 unspecified atom stereocenters. The van der Waals surface area contributed by atoms with Crippen molar-refractivity contribution in [3.05, 3.63) is 33.3 Å². The molecule has 0 spiro atoms. The van der Waals surface area contributed by atoms with Crippen LogP contribution in [0.1, 0.15) is 10.4 Å². The largest absolute Gasteiger partial charge is 0.278 e. The zero-order chi connectivity index (χ0) is 10.7. The summed E-state index contributed by atoms with van der Waals surface area (Å²) in [7, 11) is 2.95. The van der Waals surface area contributed by atoms with E-state index in [1.54, 1.807) is 18.2 Å². The number of rotatable bonds is 2. The molecule has 1 aromatic carbocycles. The fourth-order valence-corrected chi connectivity index (χ4v) is 1.49. The lowest BCUT2D eigenvalue weighted by molar-refractivity contribution is -0.0756. The number of halogens is 2. The van der Waals surface area contributed by atoms with E-state index in [2.05, 4.69) is 15.9 Å². The molecule has 0 aliphatic carbocycles. The van der Waals surface area contributed by atoms with Crippen LogP contribution in [0.15, 0.2) is 22.7 Å². The maximum Gasteiger partial charge on any atom is 0.278 e. The summed E-state index contributed by atoms with van der Waals surface area (Å²) in [4.78, 5) is 16.4. The number of amides is 1. The molecule has 0 aromatic heterocycles. The SMILES string of the molecule is CON(C)C(=O)c1cccc(Br)c1Cl. The van der Waals surface area contributed by atoms with E-state index in [9.17, 15) is 4.79 Å². The van der Waals surface area contributed by atoms with Crippen LogP contribution in [0.3, 0.4) is 0 Å². The first-order valence-corrected chi connectivity index (χ1v) is 5.01. The first-order valence-electron chi connectivity index (χ1n) is 3.84. The van der Waals surface area contributed by atoms with Gasteiger partial charge in [0.25, 0.3) is 5.91 Å². The van der Waals surface area contributed by atoms with E-state index in [4.69, 9.17) is 16.4 Å². The topological polar surface area (TPSA) is 29.5 Å². The van der Waals surface area contributed by atoms with Crippen LogP contribution in [-0.2, 0) is 4.84 Å². The van der Waals surface area contributed by atoms with Crippen LogP contribution < -0.4 is 0 Å². The lowest BCUT2D eigenvalue weighted by atomic mass is 10.2. The fraction of sp³-hybridized carbons (Fsp3) is 0.222. The standard InChI is InChI=1S/C9H9BrClNO2/c1-12(14-2)9(13)6-4-3-5-7(10)8(6)11/h3-5H,1-2H3. The van der Waals surface area contributed by atoms with Crippen molar-refractivity contribution in [2.45, 2.75) is 0 Å². The predicted molar refractivity (Wildman–Crippen MR) is 58.3 cm³/mol. The van der Waals surface area contributed by atoms with Gasteiger partial charge in [0.2, 0.25) is 0 Å². The molecule has 14 heavy (non-hydrogen) atoms. The zero-order valence-corrected chi connectivity index (χ0v) is 10.1. The van der Waals surface area contributed by atoms with Gasteiger partial charge < -0.3 is 0 Å². The molecular formula is C9H9BrClNO2. The van der Waals surface area contributed by atoms with Gasteiger partial charge in [-0.25, -0.2) is 5.06 Å². The summed E-state index contributed by atoms with van der Waals surface area (Å²) in [6.45, 7) is 0. The Kier molecular flexibility index (Phi) is 3.92. The third-order valence-corrected chi connectivity index (χ3v) is 3.04. The molecule has 0 radical (unpaired) electrons. The van der Waals surface area contributed by atoms with Gasteiger partial charge in [-0.3, -0.25) is 9.63 Å². The summed E-state index contributed by atoms with van der Waals surface area (Å²) in [5.74, 6) is -0.279. The second-order valence-electron chi connectivity index (χ2n) is 2.59. The number of nitrogens with zero attached hydrogens (tertiary/aromatic N) is 1. The van der Waals surface area contributed by atoms with Crippen LogP contribution in [0.5, 0.6) is 0 Å². The summed E-state index contributed by atoms with van der Waals surface area (Å²) >= 11 is 9.18. The number of hydrogen-bond donors (Lipinski definition) is 0. The van der Waals surface area contributed by atoms with Gasteiger partial charge in [-0.05, 0) is 28.1 Å². The van der Waals surface area contributed by atoms with Crippen LogP contribution in [0.25, 0.3) is 0 Å². The third kappa shape index (κ3) is 2.26. The molecule has 0 bridgehead atoms. The van der Waals surface area contributed by atoms with Gasteiger partial charge in [0, 0.05) is 11.5 Å². The average Bonchev–Trinajstić information content (AvgIpc) is 2.20. The number of carbonyl (C=O) groups excluding carboxylic acids is 1. The highest BCUT2D eigenvalue weighted by Gasteiger charge is 2.15. The van der Waals surface area contributed by atoms with E-state index in [-0.39, 0.29) is 5.91 Å². The van der Waals surface area contributed by atoms with Gasteiger partial charge >= 0.3 is 0 Å². The van der Waals surface area contributed by atoms with Crippen LogP contribution in [0.4, 0.5) is 0 Å². The van der Waals surface area contributed by atoms with E-state index in [1.165, 1.54) is 14.2 Å². The number of hydroxylamine groups is 2. The monoisotopic (exact) mass is 277 g/mol. The molecule has 1 amide bonds. The summed E-state index contributed by atoms with van der Waals surface area (Å²) in [6, 6.07) is 5.16. The number of benzene rings is 1. The molecule has 3 nitrogen and oxygen atoms in total. The molecule has 0 saturated heterocycles. The minimum absolute atomic E-state index is 0.279. The molecule has 1 aromatic rings. The second kappa shape index (κ2) is 4.77. The fourth-order valence-electron chi connectivity index (χ4n) is 0.922. The average molecular weight is 279 g/mol. The Morgan fingerprint density at radius 3 is 2.79 bits per heavy atom. The van der Waals surface area contributed by atoms with Crippen LogP contribution in [0.2, 0.25) is 5.02 Å². The summed E-state index contributed by atoms with van der Waals surface area (Å²) in [5, 5.41) is 1.51. The predicted octanol–water partition coefficient (Wildman–Crippen LogP) is 2.74. The first-order chi connectivity index (χ1) is 6.57. The number of hydrogen-bond acceptors (Lipinski definition) is 2. The van der Waals surface area contributed by atoms with Crippen molar-refractivity contribution in [3.63, 3.8) is 0 Å². The van der Waals surface area contributed by atoms with Gasteiger partial charge in [0.15, 0.2) is 0 Å². The third-order valence-electron chi connectivity index (χ3n) is 1.74. The minimum atomic E-state index is -0.279. The summed E-state index contributed by atoms with van der Waals surface area (Å²) < 4.78 is 0.689. The van der Waals surface area contributed by atoms with E-state index >= 15 is 0 Å². The Bertz CT molecular complexity index is 357. The normalized spacial score (nSPS) is 10.0. The van der Waals surface area contributed by atoms with Gasteiger partial charge in [-0.15, -0.1) is 0 Å². The lowest BCUT2D eigenvalue weighted by Gasteiger charge is -2.14. The first kappa shape index (κ1) is 11.5. The molecule has 0 fully saturated rings. The number of carbonyl (C=O) groups is 1. The Morgan fingerprint density at radius 1 is 1.57 bits per heavy atom. The maximum absolute atomic E-state index is 11.6. The minimum Gasteiger partial charge on any atom is -0.274 e. The van der Waals surface area contributed by atoms with Gasteiger partial charge in [-0.1, -0.05) is 17.7 Å². The molecule has 0 N–H and O–H groups in total. The smallest absolute Gasteiger partial charge is 0.274 e. The molecule has 0 saturated carbocycles. The molecule has 5 heteroatoms. The maximum atomic E-state index is 11.6. The molecule has 0 atom stereocenters. The molecule has 0 aliphatic heterocycles. The highest BCUT2D eigenvalue weighted by Crippen LogP contribution is 2.26. The quantitative estimate of drug-likeness (QED) is 0.779. The molecule has 0 heterocycles. The Hall–Kier alpha value is -0.580. The van der Waals surface area contributed by atoms with E-state index in [0.29, 0.717) is 15.1 Å². The van der Waals surface area contributed by atoms with Crippen LogP contribution in [0, 0.1) is 0 Å². The Morgan fingerprint density at radius 2 is 2.21 bits per heavy atom. The molecule has 0 aliphatic rings. The van der Waals surface area contributed by atoms with Crippen molar-refractivity contribution in [2.24, 2.45) is 0 Å². The van der Waals surface area contributed by atoms with Crippen molar-refractivity contribution < 1.29 is 9.63 Å². The van der Waals surface area contributed by atoms with Gasteiger partial charge in [0.1, 0.15) is 0 Å². The molecular weight excluding hydrogens is 269 g/mol. The van der Waals surface area contributed by atoms with Crippen molar-refractivity contribution in [3.8, 4) is 0 Å². The highest BCUT2D eigenvalue weighted by atomic mass is 79.9. The zero-order valence-electron chi connectivity index (χ0n) is 7.75. The van der Waals surface area contributed by atoms with E-state index in [1.807, 2.05) is 0 Å².